The number of piperidine rings is 1. The van der Waals surface area contributed by atoms with E-state index in [1.54, 1.807) is 0 Å². The van der Waals surface area contributed by atoms with E-state index in [0.29, 0.717) is 6.04 Å². The standard InChI is InChI=1S/C10H21N3O/c1-7(2)9(10(11)14)13-8-4-3-5-12-6-8/h7-9,12-13H,3-6H2,1-2H3,(H2,11,14). The number of hydrogen-bond acceptors (Lipinski definition) is 3. The fourth-order valence-corrected chi connectivity index (χ4v) is 1.85. The molecule has 1 aliphatic rings. The lowest BCUT2D eigenvalue weighted by Crippen LogP contribution is -2.53. The molecule has 0 saturated carbocycles. The Kier molecular flexibility index (Phi) is 4.35. The van der Waals surface area contributed by atoms with Gasteiger partial charge in [0.05, 0.1) is 6.04 Å². The van der Waals surface area contributed by atoms with Crippen molar-refractivity contribution in [2.45, 2.75) is 38.8 Å². The van der Waals surface area contributed by atoms with E-state index in [1.165, 1.54) is 6.42 Å². The number of nitrogens with one attached hydrogen (secondary N) is 2. The molecule has 1 fully saturated rings. The maximum Gasteiger partial charge on any atom is 0.234 e. The molecule has 0 spiro atoms. The Hall–Kier alpha value is -0.610. The van der Waals surface area contributed by atoms with Crippen LogP contribution in [0.1, 0.15) is 26.7 Å². The smallest absolute Gasteiger partial charge is 0.234 e. The normalized spacial score (nSPS) is 24.9. The maximum atomic E-state index is 11.2. The first-order valence-corrected chi connectivity index (χ1v) is 5.37. The van der Waals surface area contributed by atoms with Crippen LogP contribution in [0.15, 0.2) is 0 Å². The number of nitrogens with two attached hydrogens (primary N) is 1. The van der Waals surface area contributed by atoms with E-state index in [0.717, 1.165) is 19.5 Å². The largest absolute Gasteiger partial charge is 0.368 e. The summed E-state index contributed by atoms with van der Waals surface area (Å²) in [5.41, 5.74) is 5.33. The Morgan fingerprint density at radius 3 is 2.71 bits per heavy atom. The third kappa shape index (κ3) is 3.27. The van der Waals surface area contributed by atoms with Crippen molar-refractivity contribution in [2.75, 3.05) is 13.1 Å². The summed E-state index contributed by atoms with van der Waals surface area (Å²) in [5, 5.41) is 6.62. The minimum atomic E-state index is -0.245. The topological polar surface area (TPSA) is 67.2 Å². The molecule has 0 aromatic carbocycles. The van der Waals surface area contributed by atoms with Gasteiger partial charge in [-0.3, -0.25) is 4.79 Å². The van der Waals surface area contributed by atoms with E-state index in [9.17, 15) is 4.79 Å². The van der Waals surface area contributed by atoms with Crippen molar-refractivity contribution in [3.05, 3.63) is 0 Å². The summed E-state index contributed by atoms with van der Waals surface area (Å²) >= 11 is 0. The van der Waals surface area contributed by atoms with Crippen LogP contribution in [0, 0.1) is 5.92 Å². The van der Waals surface area contributed by atoms with Crippen LogP contribution in [-0.2, 0) is 4.79 Å². The highest BCUT2D eigenvalue weighted by molar-refractivity contribution is 5.80. The van der Waals surface area contributed by atoms with Gasteiger partial charge in [-0.15, -0.1) is 0 Å². The van der Waals surface area contributed by atoms with Crippen molar-refractivity contribution in [3.8, 4) is 0 Å². The molecule has 4 N–H and O–H groups in total. The summed E-state index contributed by atoms with van der Waals surface area (Å²) in [6.45, 7) is 6.05. The van der Waals surface area contributed by atoms with Gasteiger partial charge in [-0.2, -0.15) is 0 Å². The zero-order chi connectivity index (χ0) is 10.6. The summed E-state index contributed by atoms with van der Waals surface area (Å²) in [7, 11) is 0. The molecule has 0 bridgehead atoms. The molecular weight excluding hydrogens is 178 g/mol. The maximum absolute atomic E-state index is 11.2. The molecule has 14 heavy (non-hydrogen) atoms. The van der Waals surface area contributed by atoms with Crippen LogP contribution >= 0.6 is 0 Å². The average molecular weight is 199 g/mol. The van der Waals surface area contributed by atoms with Gasteiger partial charge in [-0.25, -0.2) is 0 Å². The van der Waals surface area contributed by atoms with E-state index >= 15 is 0 Å². The van der Waals surface area contributed by atoms with E-state index in [-0.39, 0.29) is 17.9 Å². The van der Waals surface area contributed by atoms with Crippen LogP contribution in [0.5, 0.6) is 0 Å². The molecule has 0 aliphatic carbocycles. The van der Waals surface area contributed by atoms with Crippen molar-refractivity contribution in [2.24, 2.45) is 11.7 Å². The van der Waals surface area contributed by atoms with E-state index in [4.69, 9.17) is 5.73 Å². The Morgan fingerprint density at radius 1 is 1.57 bits per heavy atom. The highest BCUT2D eigenvalue weighted by Gasteiger charge is 2.23. The van der Waals surface area contributed by atoms with Gasteiger partial charge in [0.1, 0.15) is 0 Å². The van der Waals surface area contributed by atoms with Crippen molar-refractivity contribution >= 4 is 5.91 Å². The van der Waals surface area contributed by atoms with Gasteiger partial charge in [0, 0.05) is 12.6 Å². The van der Waals surface area contributed by atoms with Crippen molar-refractivity contribution in [1.29, 1.82) is 0 Å². The van der Waals surface area contributed by atoms with E-state index in [2.05, 4.69) is 10.6 Å². The lowest BCUT2D eigenvalue weighted by atomic mass is 10.00. The van der Waals surface area contributed by atoms with Gasteiger partial charge >= 0.3 is 0 Å². The molecule has 4 heteroatoms. The molecule has 1 saturated heterocycles. The summed E-state index contributed by atoms with van der Waals surface area (Å²) in [4.78, 5) is 11.2. The number of hydrogen-bond donors (Lipinski definition) is 3. The van der Waals surface area contributed by atoms with Crippen molar-refractivity contribution in [1.82, 2.24) is 10.6 Å². The van der Waals surface area contributed by atoms with Gasteiger partial charge < -0.3 is 16.4 Å². The Labute approximate surface area is 85.6 Å². The van der Waals surface area contributed by atoms with Gasteiger partial charge in [0.15, 0.2) is 0 Å². The number of amides is 1. The lowest BCUT2D eigenvalue weighted by molar-refractivity contribution is -0.121. The monoisotopic (exact) mass is 199 g/mol. The zero-order valence-electron chi connectivity index (χ0n) is 9.05. The molecular formula is C10H21N3O. The first-order valence-electron chi connectivity index (χ1n) is 5.37. The minimum Gasteiger partial charge on any atom is -0.368 e. The molecule has 2 unspecified atom stereocenters. The summed E-state index contributed by atoms with van der Waals surface area (Å²) < 4.78 is 0. The highest BCUT2D eigenvalue weighted by Crippen LogP contribution is 2.07. The molecule has 1 heterocycles. The number of carbonyl (C=O) groups excluding carboxylic acids is 1. The lowest BCUT2D eigenvalue weighted by Gasteiger charge is -2.29. The van der Waals surface area contributed by atoms with Crippen molar-refractivity contribution < 1.29 is 4.79 Å². The number of carbonyl (C=O) groups is 1. The van der Waals surface area contributed by atoms with E-state index < -0.39 is 0 Å². The van der Waals surface area contributed by atoms with Gasteiger partial charge in [0.25, 0.3) is 0 Å². The third-order valence-electron chi connectivity index (χ3n) is 2.69. The number of rotatable bonds is 4. The molecule has 0 radical (unpaired) electrons. The van der Waals surface area contributed by atoms with Crippen LogP contribution in [-0.4, -0.2) is 31.1 Å². The predicted octanol–water partition coefficient (Wildman–Crippen LogP) is -0.162. The summed E-state index contributed by atoms with van der Waals surface area (Å²) in [6.07, 6.45) is 2.30. The minimum absolute atomic E-state index is 0.195. The van der Waals surface area contributed by atoms with Gasteiger partial charge in [-0.1, -0.05) is 13.8 Å². The average Bonchev–Trinajstić information content (AvgIpc) is 2.15. The quantitative estimate of drug-likeness (QED) is 0.589. The van der Waals surface area contributed by atoms with Gasteiger partial charge in [-0.05, 0) is 25.3 Å². The summed E-state index contributed by atoms with van der Waals surface area (Å²) in [5.74, 6) is 0.0139. The van der Waals surface area contributed by atoms with Crippen molar-refractivity contribution in [3.63, 3.8) is 0 Å². The fraction of sp³-hybridized carbons (Fsp3) is 0.900. The Bertz CT molecular complexity index is 188. The second kappa shape index (κ2) is 5.32. The second-order valence-corrected chi connectivity index (χ2v) is 4.33. The molecule has 4 nitrogen and oxygen atoms in total. The van der Waals surface area contributed by atoms with Crippen LogP contribution in [0.4, 0.5) is 0 Å². The molecule has 0 aromatic heterocycles. The van der Waals surface area contributed by atoms with Crippen LogP contribution in [0.3, 0.4) is 0 Å². The zero-order valence-corrected chi connectivity index (χ0v) is 9.05. The van der Waals surface area contributed by atoms with Gasteiger partial charge in [0.2, 0.25) is 5.91 Å². The van der Waals surface area contributed by atoms with Crippen LogP contribution < -0.4 is 16.4 Å². The third-order valence-corrected chi connectivity index (χ3v) is 2.69. The SMILES string of the molecule is CC(C)C(NC1CCCNC1)C(N)=O. The molecule has 0 aromatic rings. The fourth-order valence-electron chi connectivity index (χ4n) is 1.85. The first kappa shape index (κ1) is 11.5. The molecule has 1 amide bonds. The van der Waals surface area contributed by atoms with E-state index in [1.807, 2.05) is 13.8 Å². The van der Waals surface area contributed by atoms with Crippen LogP contribution in [0.2, 0.25) is 0 Å². The highest BCUT2D eigenvalue weighted by atomic mass is 16.1. The van der Waals surface area contributed by atoms with Crippen LogP contribution in [0.25, 0.3) is 0 Å². The predicted molar refractivity (Wildman–Crippen MR) is 56.8 cm³/mol. The molecule has 1 aliphatic heterocycles. The summed E-state index contributed by atoms with van der Waals surface area (Å²) in [6, 6.07) is 0.198. The Morgan fingerprint density at radius 2 is 2.29 bits per heavy atom. The molecule has 1 rings (SSSR count). The number of primary amides is 1. The molecule has 82 valence electrons. The first-order chi connectivity index (χ1) is 6.61. The second-order valence-electron chi connectivity index (χ2n) is 4.33. The Balaban J connectivity index is 2.41. The molecule has 2 atom stereocenters.